The number of aryl methyl sites for hydroxylation is 1. The molecule has 150 valence electrons. The van der Waals surface area contributed by atoms with Gasteiger partial charge in [-0.3, -0.25) is 4.79 Å². The molecule has 0 radical (unpaired) electrons. The van der Waals surface area contributed by atoms with E-state index in [1.165, 1.54) is 0 Å². The predicted molar refractivity (Wildman–Crippen MR) is 115 cm³/mol. The van der Waals surface area contributed by atoms with E-state index >= 15 is 0 Å². The number of carbonyl (C=O) groups is 1. The number of nitrogens with one attached hydrogen (secondary N) is 1. The molecule has 0 saturated carbocycles. The Hall–Kier alpha value is -3.64. The number of anilines is 1. The third-order valence-corrected chi connectivity index (χ3v) is 4.52. The zero-order valence-electron chi connectivity index (χ0n) is 16.1. The number of ether oxygens (including phenoxy) is 1. The van der Waals surface area contributed by atoms with Gasteiger partial charge in [-0.2, -0.15) is 4.98 Å². The van der Waals surface area contributed by atoms with Crippen molar-refractivity contribution in [1.29, 1.82) is 0 Å². The molecule has 0 atom stereocenters. The molecule has 4 rings (SSSR count). The molecule has 0 aliphatic carbocycles. The standard InChI is InChI=1S/C23H18ClN3O3/c1-15-6-4-9-18(12-15)25-21(28)14-29-20-11-3-2-10-19(20)22-26-23(30-27-22)16-7-5-8-17(24)13-16/h2-13H,14H2,1H3,(H,25,28). The van der Waals surface area contributed by atoms with Crippen LogP contribution in [0.5, 0.6) is 5.75 Å². The fraction of sp³-hybridized carbons (Fsp3) is 0.0870. The maximum absolute atomic E-state index is 12.3. The molecule has 0 saturated heterocycles. The van der Waals surface area contributed by atoms with E-state index in [0.717, 1.165) is 16.8 Å². The van der Waals surface area contributed by atoms with Crippen molar-refractivity contribution in [3.05, 3.63) is 83.4 Å². The summed E-state index contributed by atoms with van der Waals surface area (Å²) in [6.45, 7) is 1.81. The average molecular weight is 420 g/mol. The lowest BCUT2D eigenvalue weighted by Gasteiger charge is -2.10. The van der Waals surface area contributed by atoms with Crippen molar-refractivity contribution in [2.24, 2.45) is 0 Å². The number of rotatable bonds is 6. The zero-order chi connectivity index (χ0) is 20.9. The smallest absolute Gasteiger partial charge is 0.262 e. The van der Waals surface area contributed by atoms with Crippen molar-refractivity contribution in [1.82, 2.24) is 10.1 Å². The first-order valence-corrected chi connectivity index (χ1v) is 9.65. The van der Waals surface area contributed by atoms with E-state index in [2.05, 4.69) is 15.5 Å². The minimum atomic E-state index is -0.261. The Morgan fingerprint density at radius 3 is 2.73 bits per heavy atom. The number of hydrogen-bond donors (Lipinski definition) is 1. The molecule has 0 aliphatic rings. The molecule has 0 bridgehead atoms. The molecule has 0 spiro atoms. The highest BCUT2D eigenvalue weighted by Crippen LogP contribution is 2.30. The fourth-order valence-electron chi connectivity index (χ4n) is 2.91. The lowest BCUT2D eigenvalue weighted by molar-refractivity contribution is -0.118. The summed E-state index contributed by atoms with van der Waals surface area (Å²) < 4.78 is 11.1. The molecular formula is C23H18ClN3O3. The van der Waals surface area contributed by atoms with Crippen LogP contribution in [0.25, 0.3) is 22.8 Å². The summed E-state index contributed by atoms with van der Waals surface area (Å²) in [6.07, 6.45) is 0. The average Bonchev–Trinajstić information content (AvgIpc) is 3.23. The molecule has 0 aliphatic heterocycles. The lowest BCUT2D eigenvalue weighted by Crippen LogP contribution is -2.20. The first kappa shape index (κ1) is 19.7. The second kappa shape index (κ2) is 8.80. The topological polar surface area (TPSA) is 77.2 Å². The maximum atomic E-state index is 12.3. The molecule has 0 unspecified atom stereocenters. The van der Waals surface area contributed by atoms with Gasteiger partial charge in [0.05, 0.1) is 5.56 Å². The van der Waals surface area contributed by atoms with Crippen LogP contribution in [0.2, 0.25) is 5.02 Å². The van der Waals surface area contributed by atoms with Crippen molar-refractivity contribution < 1.29 is 14.1 Å². The zero-order valence-corrected chi connectivity index (χ0v) is 16.9. The van der Waals surface area contributed by atoms with Crippen LogP contribution in [0.15, 0.2) is 77.3 Å². The van der Waals surface area contributed by atoms with Crippen molar-refractivity contribution in [3.63, 3.8) is 0 Å². The molecule has 4 aromatic rings. The van der Waals surface area contributed by atoms with Gasteiger partial charge in [-0.1, -0.05) is 47.1 Å². The second-order valence-corrected chi connectivity index (χ2v) is 7.07. The van der Waals surface area contributed by atoms with Crippen LogP contribution in [0.4, 0.5) is 5.69 Å². The fourth-order valence-corrected chi connectivity index (χ4v) is 3.10. The first-order chi connectivity index (χ1) is 14.6. The normalized spacial score (nSPS) is 10.6. The van der Waals surface area contributed by atoms with Gasteiger partial charge in [-0.15, -0.1) is 0 Å². The Labute approximate surface area is 178 Å². The summed E-state index contributed by atoms with van der Waals surface area (Å²) in [5.41, 5.74) is 3.13. The predicted octanol–water partition coefficient (Wildman–Crippen LogP) is 5.38. The molecule has 7 heteroatoms. The number of nitrogens with zero attached hydrogens (tertiary/aromatic N) is 2. The van der Waals surface area contributed by atoms with Crippen molar-refractivity contribution in [2.75, 3.05) is 11.9 Å². The number of benzene rings is 3. The van der Waals surface area contributed by atoms with Crippen LogP contribution in [-0.2, 0) is 4.79 Å². The quantitative estimate of drug-likeness (QED) is 0.453. The molecule has 1 amide bonds. The van der Waals surface area contributed by atoms with Crippen LogP contribution < -0.4 is 10.1 Å². The molecule has 1 aromatic heterocycles. The van der Waals surface area contributed by atoms with E-state index in [-0.39, 0.29) is 12.5 Å². The number of halogens is 1. The minimum absolute atomic E-state index is 0.149. The number of hydrogen-bond acceptors (Lipinski definition) is 5. The summed E-state index contributed by atoms with van der Waals surface area (Å²) in [5.74, 6) is 0.928. The van der Waals surface area contributed by atoms with E-state index in [4.69, 9.17) is 20.9 Å². The molecular weight excluding hydrogens is 402 g/mol. The molecule has 0 fully saturated rings. The van der Waals surface area contributed by atoms with Crippen LogP contribution in [0.3, 0.4) is 0 Å². The van der Waals surface area contributed by atoms with Gasteiger partial charge in [0.25, 0.3) is 11.8 Å². The second-order valence-electron chi connectivity index (χ2n) is 6.64. The van der Waals surface area contributed by atoms with Crippen LogP contribution >= 0.6 is 11.6 Å². The van der Waals surface area contributed by atoms with Crippen molar-refractivity contribution in [2.45, 2.75) is 6.92 Å². The van der Waals surface area contributed by atoms with E-state index in [9.17, 15) is 4.79 Å². The number of carbonyl (C=O) groups excluding carboxylic acids is 1. The largest absolute Gasteiger partial charge is 0.483 e. The Morgan fingerprint density at radius 1 is 1.07 bits per heavy atom. The highest BCUT2D eigenvalue weighted by molar-refractivity contribution is 6.30. The third kappa shape index (κ3) is 4.67. The summed E-state index contributed by atoms with van der Waals surface area (Å²) in [4.78, 5) is 16.7. The monoisotopic (exact) mass is 419 g/mol. The van der Waals surface area contributed by atoms with E-state index in [1.807, 2.05) is 55.5 Å². The number of para-hydroxylation sites is 1. The highest BCUT2D eigenvalue weighted by Gasteiger charge is 2.15. The van der Waals surface area contributed by atoms with E-state index in [1.54, 1.807) is 24.3 Å². The minimum Gasteiger partial charge on any atom is -0.483 e. The molecule has 1 N–H and O–H groups in total. The number of amides is 1. The van der Waals surface area contributed by atoms with Gasteiger partial charge in [0.1, 0.15) is 5.75 Å². The summed E-state index contributed by atoms with van der Waals surface area (Å²) in [7, 11) is 0. The maximum Gasteiger partial charge on any atom is 0.262 e. The van der Waals surface area contributed by atoms with Gasteiger partial charge in [-0.05, 0) is 55.0 Å². The van der Waals surface area contributed by atoms with Crippen molar-refractivity contribution in [3.8, 4) is 28.6 Å². The SMILES string of the molecule is Cc1cccc(NC(=O)COc2ccccc2-c2noc(-c3cccc(Cl)c3)n2)c1. The Bertz CT molecular complexity index is 1190. The summed E-state index contributed by atoms with van der Waals surface area (Å²) >= 11 is 6.03. The van der Waals surface area contributed by atoms with Crippen LogP contribution in [0, 0.1) is 6.92 Å². The van der Waals surface area contributed by atoms with Gasteiger partial charge in [-0.25, -0.2) is 0 Å². The Balaban J connectivity index is 1.48. The van der Waals surface area contributed by atoms with Gasteiger partial charge in [0.2, 0.25) is 5.82 Å². The molecule has 30 heavy (non-hydrogen) atoms. The third-order valence-electron chi connectivity index (χ3n) is 4.29. The highest BCUT2D eigenvalue weighted by atomic mass is 35.5. The van der Waals surface area contributed by atoms with Gasteiger partial charge in [0, 0.05) is 16.3 Å². The summed E-state index contributed by atoms with van der Waals surface area (Å²) in [6, 6.07) is 21.9. The Morgan fingerprint density at radius 2 is 1.90 bits per heavy atom. The number of aromatic nitrogens is 2. The van der Waals surface area contributed by atoms with Crippen LogP contribution in [-0.4, -0.2) is 22.7 Å². The molecule has 3 aromatic carbocycles. The summed E-state index contributed by atoms with van der Waals surface area (Å²) in [5, 5.41) is 7.44. The first-order valence-electron chi connectivity index (χ1n) is 9.27. The molecule has 6 nitrogen and oxygen atoms in total. The Kier molecular flexibility index (Phi) is 5.77. The van der Waals surface area contributed by atoms with Gasteiger partial charge >= 0.3 is 0 Å². The van der Waals surface area contributed by atoms with Crippen molar-refractivity contribution >= 4 is 23.2 Å². The van der Waals surface area contributed by atoms with Gasteiger partial charge < -0.3 is 14.6 Å². The van der Waals surface area contributed by atoms with E-state index in [0.29, 0.717) is 28.1 Å². The van der Waals surface area contributed by atoms with Crippen LogP contribution in [0.1, 0.15) is 5.56 Å². The molecule has 1 heterocycles. The van der Waals surface area contributed by atoms with E-state index < -0.39 is 0 Å². The van der Waals surface area contributed by atoms with Gasteiger partial charge in [0.15, 0.2) is 6.61 Å². The lowest BCUT2D eigenvalue weighted by atomic mass is 10.2.